The van der Waals surface area contributed by atoms with Gasteiger partial charge in [0.1, 0.15) is 0 Å². The first kappa shape index (κ1) is 24.1. The Bertz CT molecular complexity index is 1550. The van der Waals surface area contributed by atoms with E-state index in [9.17, 15) is 0 Å². The Morgan fingerprint density at radius 3 is 1.35 bits per heavy atom. The van der Waals surface area contributed by atoms with Gasteiger partial charge in [-0.3, -0.25) is 0 Å². The van der Waals surface area contributed by atoms with Crippen LogP contribution in [0.15, 0.2) is 84.9 Å². The van der Waals surface area contributed by atoms with Crippen molar-refractivity contribution in [3.63, 3.8) is 0 Å². The zero-order chi connectivity index (χ0) is 26.3. The second kappa shape index (κ2) is 7.87. The minimum absolute atomic E-state index is 0.0144. The minimum atomic E-state index is -0.0534. The van der Waals surface area contributed by atoms with Crippen molar-refractivity contribution < 1.29 is 0 Å². The summed E-state index contributed by atoms with van der Waals surface area (Å²) in [5, 5.41) is 2.71. The summed E-state index contributed by atoms with van der Waals surface area (Å²) in [6, 6.07) is 32.2. The first-order valence-electron chi connectivity index (χ1n) is 13.7. The molecule has 0 saturated carbocycles. The zero-order valence-electron chi connectivity index (χ0n) is 23.6. The van der Waals surface area contributed by atoms with Gasteiger partial charge in [0.05, 0.1) is 0 Å². The van der Waals surface area contributed by atoms with Crippen LogP contribution in [0.3, 0.4) is 0 Å². The molecule has 37 heavy (non-hydrogen) atoms. The van der Waals surface area contributed by atoms with E-state index >= 15 is 0 Å². The molecule has 0 spiro atoms. The molecule has 0 unspecified atom stereocenters. The van der Waals surface area contributed by atoms with E-state index in [1.54, 1.807) is 0 Å². The van der Waals surface area contributed by atoms with Gasteiger partial charge in [-0.1, -0.05) is 140 Å². The molecule has 2 heteroatoms. The van der Waals surface area contributed by atoms with Crippen LogP contribution in [-0.2, 0) is 16.2 Å². The molecule has 0 aliphatic carbocycles. The molecule has 0 N–H and O–H groups in total. The summed E-state index contributed by atoms with van der Waals surface area (Å²) in [5.74, 6) is 0. The van der Waals surface area contributed by atoms with Crippen LogP contribution in [0.1, 0.15) is 77.6 Å². The normalized spacial score (nSPS) is 15.2. The number of para-hydroxylation sites is 2. The van der Waals surface area contributed by atoms with Gasteiger partial charge in [-0.2, -0.15) is 0 Å². The molecule has 0 radical (unpaired) electrons. The molecular formula is C35H38BN. The highest BCUT2D eigenvalue weighted by Gasteiger charge is 2.42. The number of hydrogen-bond acceptors (Lipinski definition) is 0. The van der Waals surface area contributed by atoms with Gasteiger partial charge in [-0.15, -0.1) is 0 Å². The number of rotatable bonds is 1. The second-order valence-electron chi connectivity index (χ2n) is 13.5. The predicted octanol–water partition coefficient (Wildman–Crippen LogP) is 7.68. The number of fused-ring (bicyclic) bond motifs is 5. The van der Waals surface area contributed by atoms with Crippen LogP contribution in [0.5, 0.6) is 0 Å². The highest BCUT2D eigenvalue weighted by molar-refractivity contribution is 6.86. The smallest absolute Gasteiger partial charge is 0.328 e. The molecule has 5 aromatic rings. The first-order chi connectivity index (χ1) is 17.4. The number of nitrogens with zero attached hydrogens (tertiary/aromatic N) is 1. The first-order valence-corrected chi connectivity index (χ1v) is 13.7. The number of aromatic nitrogens is 1. The van der Waals surface area contributed by atoms with Crippen molar-refractivity contribution in [3.8, 4) is 0 Å². The summed E-state index contributed by atoms with van der Waals surface area (Å²) < 4.78 is 2.72. The van der Waals surface area contributed by atoms with E-state index in [4.69, 9.17) is 0 Å². The van der Waals surface area contributed by atoms with Crippen molar-refractivity contribution >= 4 is 39.6 Å². The molecule has 1 nitrogen and oxygen atoms in total. The van der Waals surface area contributed by atoms with Crippen molar-refractivity contribution in [2.24, 2.45) is 0 Å². The van der Waals surface area contributed by atoms with Gasteiger partial charge < -0.3 is 4.48 Å². The molecule has 0 fully saturated rings. The van der Waals surface area contributed by atoms with E-state index in [1.165, 1.54) is 55.0 Å². The fourth-order valence-electron chi connectivity index (χ4n) is 6.82. The van der Waals surface area contributed by atoms with Gasteiger partial charge >= 0.3 is 6.85 Å². The van der Waals surface area contributed by atoms with Gasteiger partial charge in [0.2, 0.25) is 0 Å². The van der Waals surface area contributed by atoms with Crippen molar-refractivity contribution in [2.45, 2.75) is 71.6 Å². The second-order valence-corrected chi connectivity index (χ2v) is 13.5. The van der Waals surface area contributed by atoms with Crippen LogP contribution in [0.2, 0.25) is 0 Å². The lowest BCUT2D eigenvalue weighted by molar-refractivity contribution is 0.592. The van der Waals surface area contributed by atoms with Crippen molar-refractivity contribution in [1.29, 1.82) is 0 Å². The molecule has 1 aromatic heterocycles. The maximum Gasteiger partial charge on any atom is 0.328 e. The summed E-state index contributed by atoms with van der Waals surface area (Å²) in [6.45, 7) is 19.0. The van der Waals surface area contributed by atoms with Crippen molar-refractivity contribution in [3.05, 3.63) is 107 Å². The van der Waals surface area contributed by atoms with Gasteiger partial charge in [0.15, 0.2) is 0 Å². The molecule has 186 valence electrons. The molecule has 0 amide bonds. The van der Waals surface area contributed by atoms with Gasteiger partial charge in [-0.05, 0) is 44.0 Å². The summed E-state index contributed by atoms with van der Waals surface area (Å²) in [5.41, 5.74) is 11.2. The average molecular weight is 484 g/mol. The standard InChI is InChI=1S/C35H38BN/c1-33(2,3)27-19-13-15-23-24-16-14-20-28(34(4,5)6)32(24)37(31(23)27)36-29-21-11-9-17-25(29)35(7,8)26-18-10-12-22-30(26)36/h9-22H,1-8H3. The number of hydrogen-bond donors (Lipinski definition) is 0. The van der Waals surface area contributed by atoms with Crippen LogP contribution in [0.4, 0.5) is 0 Å². The van der Waals surface area contributed by atoms with Crippen molar-refractivity contribution in [1.82, 2.24) is 4.48 Å². The molecular weight excluding hydrogens is 445 g/mol. The van der Waals surface area contributed by atoms with E-state index in [0.717, 1.165) is 0 Å². The Morgan fingerprint density at radius 2 is 0.946 bits per heavy atom. The highest BCUT2D eigenvalue weighted by atomic mass is 14.9. The maximum absolute atomic E-state index is 2.72. The largest absolute Gasteiger partial charge is 0.375 e. The number of benzene rings is 4. The maximum atomic E-state index is 2.72. The van der Waals surface area contributed by atoms with E-state index < -0.39 is 0 Å². The molecule has 0 saturated heterocycles. The fraction of sp³-hybridized carbons (Fsp3) is 0.314. The zero-order valence-corrected chi connectivity index (χ0v) is 23.6. The van der Waals surface area contributed by atoms with Crippen molar-refractivity contribution in [2.75, 3.05) is 0 Å². The average Bonchev–Trinajstić information content (AvgIpc) is 3.18. The third kappa shape index (κ3) is 3.45. The topological polar surface area (TPSA) is 4.93 Å². The van der Waals surface area contributed by atoms with Crippen LogP contribution < -0.4 is 10.9 Å². The Hall–Kier alpha value is -3.26. The lowest BCUT2D eigenvalue weighted by atomic mass is 9.41. The Labute approximate surface area is 222 Å². The Balaban J connectivity index is 1.88. The van der Waals surface area contributed by atoms with Gasteiger partial charge in [0.25, 0.3) is 0 Å². The minimum Gasteiger partial charge on any atom is -0.375 e. The SMILES string of the molecule is CC(C)(C)c1cccc2c3cccc(C(C)(C)C)c3n(B3c4ccccc4C(C)(C)c4ccccc43)c12. The van der Waals surface area contributed by atoms with Crippen LogP contribution in [0.25, 0.3) is 21.8 Å². The van der Waals surface area contributed by atoms with E-state index in [-0.39, 0.29) is 23.1 Å². The molecule has 6 rings (SSSR count). The molecule has 1 aliphatic rings. The molecule has 0 atom stereocenters. The van der Waals surface area contributed by atoms with Gasteiger partial charge in [0, 0.05) is 27.2 Å². The molecule has 4 aromatic carbocycles. The van der Waals surface area contributed by atoms with Gasteiger partial charge in [-0.25, -0.2) is 0 Å². The monoisotopic (exact) mass is 483 g/mol. The summed E-state index contributed by atoms with van der Waals surface area (Å²) >= 11 is 0. The molecule has 2 heterocycles. The van der Waals surface area contributed by atoms with E-state index in [2.05, 4.69) is 145 Å². The fourth-order valence-corrected chi connectivity index (χ4v) is 6.82. The quantitative estimate of drug-likeness (QED) is 0.216. The predicted molar refractivity (Wildman–Crippen MR) is 162 cm³/mol. The lowest BCUT2D eigenvalue weighted by Gasteiger charge is -2.39. The Kier molecular flexibility index (Phi) is 5.13. The molecule has 1 aliphatic heterocycles. The summed E-state index contributed by atoms with van der Waals surface area (Å²) in [4.78, 5) is 0. The summed E-state index contributed by atoms with van der Waals surface area (Å²) in [6.07, 6.45) is 0. The lowest BCUT2D eigenvalue weighted by Crippen LogP contribution is -2.58. The van der Waals surface area contributed by atoms with E-state index in [1.807, 2.05) is 0 Å². The Morgan fingerprint density at radius 1 is 0.541 bits per heavy atom. The summed E-state index contributed by atoms with van der Waals surface area (Å²) in [7, 11) is 0. The third-order valence-electron chi connectivity index (χ3n) is 8.58. The van der Waals surface area contributed by atoms with Crippen LogP contribution >= 0.6 is 0 Å². The van der Waals surface area contributed by atoms with Crippen LogP contribution in [-0.4, -0.2) is 11.3 Å². The molecule has 0 bridgehead atoms. The van der Waals surface area contributed by atoms with E-state index in [0.29, 0.717) is 0 Å². The van der Waals surface area contributed by atoms with Crippen LogP contribution in [0, 0.1) is 0 Å². The highest BCUT2D eigenvalue weighted by Crippen LogP contribution is 2.42. The third-order valence-corrected chi connectivity index (χ3v) is 8.58.